The van der Waals surface area contributed by atoms with Crippen molar-refractivity contribution in [2.75, 3.05) is 46.4 Å². The standard InChI is InChI=1S/C17H24N6O4/c1-12-10-14(20-27-12)15(24)18-4-5-22-6-8-23(9-7-22)17(25)13-11-21(2)19-16(13)26-3/h10-11H,4-9H2,1-3H3,(H,18,24). The van der Waals surface area contributed by atoms with E-state index in [0.717, 1.165) is 13.1 Å². The zero-order valence-electron chi connectivity index (χ0n) is 15.8. The minimum Gasteiger partial charge on any atom is -0.479 e. The van der Waals surface area contributed by atoms with Gasteiger partial charge >= 0.3 is 0 Å². The molecule has 10 heteroatoms. The van der Waals surface area contributed by atoms with Crippen molar-refractivity contribution in [3.05, 3.63) is 29.3 Å². The van der Waals surface area contributed by atoms with Crippen molar-refractivity contribution in [2.45, 2.75) is 6.92 Å². The zero-order valence-corrected chi connectivity index (χ0v) is 15.8. The Labute approximate surface area is 157 Å². The lowest BCUT2D eigenvalue weighted by atomic mass is 10.2. The Bertz CT molecular complexity index is 806. The van der Waals surface area contributed by atoms with Crippen LogP contribution in [0, 0.1) is 6.92 Å². The van der Waals surface area contributed by atoms with Gasteiger partial charge in [0.15, 0.2) is 5.69 Å². The van der Waals surface area contributed by atoms with Gasteiger partial charge in [-0.1, -0.05) is 5.16 Å². The number of aryl methyl sites for hydroxylation is 2. The van der Waals surface area contributed by atoms with E-state index in [1.807, 2.05) is 0 Å². The van der Waals surface area contributed by atoms with Gasteiger partial charge in [0.2, 0.25) is 5.88 Å². The van der Waals surface area contributed by atoms with Gasteiger partial charge in [0.05, 0.1) is 7.11 Å². The van der Waals surface area contributed by atoms with Crippen molar-refractivity contribution in [2.24, 2.45) is 7.05 Å². The summed E-state index contributed by atoms with van der Waals surface area (Å²) in [5.74, 6) is 0.626. The Morgan fingerprint density at radius 3 is 2.67 bits per heavy atom. The van der Waals surface area contributed by atoms with Crippen molar-refractivity contribution in [3.8, 4) is 5.88 Å². The summed E-state index contributed by atoms with van der Waals surface area (Å²) in [5.41, 5.74) is 0.761. The normalized spacial score (nSPS) is 15.0. The first-order chi connectivity index (χ1) is 13.0. The average Bonchev–Trinajstić information content (AvgIpc) is 3.27. The molecule has 0 unspecified atom stereocenters. The number of nitrogens with zero attached hydrogens (tertiary/aromatic N) is 5. The lowest BCUT2D eigenvalue weighted by Crippen LogP contribution is -2.50. The summed E-state index contributed by atoms with van der Waals surface area (Å²) in [6.07, 6.45) is 1.68. The van der Waals surface area contributed by atoms with Gasteiger partial charge in [-0.15, -0.1) is 5.10 Å². The van der Waals surface area contributed by atoms with Crippen LogP contribution in [0.3, 0.4) is 0 Å². The third kappa shape index (κ3) is 4.45. The van der Waals surface area contributed by atoms with Gasteiger partial charge in [0.25, 0.3) is 11.8 Å². The molecule has 1 saturated heterocycles. The topological polar surface area (TPSA) is 106 Å². The zero-order chi connectivity index (χ0) is 19.4. The molecule has 0 atom stereocenters. The van der Waals surface area contributed by atoms with Crippen molar-refractivity contribution >= 4 is 11.8 Å². The van der Waals surface area contributed by atoms with Gasteiger partial charge in [0, 0.05) is 58.6 Å². The monoisotopic (exact) mass is 376 g/mol. The number of carbonyl (C=O) groups excluding carboxylic acids is 2. The molecule has 2 amide bonds. The molecule has 0 bridgehead atoms. The fourth-order valence-corrected chi connectivity index (χ4v) is 3.00. The maximum absolute atomic E-state index is 12.7. The summed E-state index contributed by atoms with van der Waals surface area (Å²) in [5, 5.41) is 10.6. The van der Waals surface area contributed by atoms with Crippen molar-refractivity contribution in [3.63, 3.8) is 0 Å². The molecule has 0 radical (unpaired) electrons. The summed E-state index contributed by atoms with van der Waals surface area (Å²) in [4.78, 5) is 28.6. The molecule has 1 aliphatic heterocycles. The van der Waals surface area contributed by atoms with Gasteiger partial charge in [-0.2, -0.15) is 0 Å². The maximum atomic E-state index is 12.7. The summed E-state index contributed by atoms with van der Waals surface area (Å²) in [6, 6.07) is 1.60. The number of methoxy groups -OCH3 is 1. The quantitative estimate of drug-likeness (QED) is 0.751. The van der Waals surface area contributed by atoms with Crippen LogP contribution in [0.4, 0.5) is 0 Å². The Morgan fingerprint density at radius 2 is 2.04 bits per heavy atom. The largest absolute Gasteiger partial charge is 0.479 e. The van der Waals surface area contributed by atoms with Crippen LogP contribution in [-0.2, 0) is 7.05 Å². The number of nitrogens with one attached hydrogen (secondary N) is 1. The highest BCUT2D eigenvalue weighted by Crippen LogP contribution is 2.18. The first-order valence-electron chi connectivity index (χ1n) is 8.78. The van der Waals surface area contributed by atoms with Crippen molar-refractivity contribution in [1.82, 2.24) is 30.1 Å². The molecule has 2 aromatic rings. The number of hydrogen-bond donors (Lipinski definition) is 1. The Morgan fingerprint density at radius 1 is 1.30 bits per heavy atom. The predicted molar refractivity (Wildman–Crippen MR) is 95.7 cm³/mol. The molecule has 10 nitrogen and oxygen atoms in total. The number of carbonyl (C=O) groups is 2. The third-order valence-electron chi connectivity index (χ3n) is 4.45. The molecule has 0 aliphatic carbocycles. The highest BCUT2D eigenvalue weighted by Gasteiger charge is 2.26. The second kappa shape index (κ2) is 8.21. The molecule has 1 N–H and O–H groups in total. The minimum absolute atomic E-state index is 0.0747. The fraction of sp³-hybridized carbons (Fsp3) is 0.529. The molecule has 3 heterocycles. The number of hydrogen-bond acceptors (Lipinski definition) is 7. The first kappa shape index (κ1) is 18.9. The highest BCUT2D eigenvalue weighted by atomic mass is 16.5. The number of rotatable bonds is 6. The number of aromatic nitrogens is 3. The molecule has 1 fully saturated rings. The van der Waals surface area contributed by atoms with Gasteiger partial charge in [-0.25, -0.2) is 0 Å². The van der Waals surface area contributed by atoms with E-state index < -0.39 is 0 Å². The number of ether oxygens (including phenoxy) is 1. The average molecular weight is 376 g/mol. The Balaban J connectivity index is 1.43. The number of amides is 2. The molecular weight excluding hydrogens is 352 g/mol. The summed E-state index contributed by atoms with van der Waals surface area (Å²) in [6.45, 7) is 5.68. The number of piperazine rings is 1. The summed E-state index contributed by atoms with van der Waals surface area (Å²) >= 11 is 0. The molecule has 0 saturated carbocycles. The molecule has 27 heavy (non-hydrogen) atoms. The van der Waals surface area contributed by atoms with E-state index >= 15 is 0 Å². The Kier molecular flexibility index (Phi) is 5.75. The van der Waals surface area contributed by atoms with Crippen LogP contribution in [-0.4, -0.2) is 82.9 Å². The van der Waals surface area contributed by atoms with E-state index in [9.17, 15) is 9.59 Å². The molecule has 3 rings (SSSR count). The second-order valence-electron chi connectivity index (χ2n) is 6.44. The first-order valence-corrected chi connectivity index (χ1v) is 8.78. The van der Waals surface area contributed by atoms with E-state index in [2.05, 4.69) is 20.5 Å². The lowest BCUT2D eigenvalue weighted by Gasteiger charge is -2.34. The fourth-order valence-electron chi connectivity index (χ4n) is 3.00. The second-order valence-corrected chi connectivity index (χ2v) is 6.44. The van der Waals surface area contributed by atoms with E-state index in [1.54, 1.807) is 35.8 Å². The van der Waals surface area contributed by atoms with Crippen molar-refractivity contribution in [1.29, 1.82) is 0 Å². The van der Waals surface area contributed by atoms with E-state index in [-0.39, 0.29) is 17.5 Å². The molecule has 0 aromatic carbocycles. The molecule has 146 valence electrons. The van der Waals surface area contributed by atoms with Crippen LogP contribution in [0.15, 0.2) is 16.8 Å². The van der Waals surface area contributed by atoms with E-state index in [1.165, 1.54) is 7.11 Å². The van der Waals surface area contributed by atoms with Crippen LogP contribution in [0.25, 0.3) is 0 Å². The third-order valence-corrected chi connectivity index (χ3v) is 4.45. The summed E-state index contributed by atoms with van der Waals surface area (Å²) in [7, 11) is 3.26. The van der Waals surface area contributed by atoms with Gasteiger partial charge < -0.3 is 19.5 Å². The smallest absolute Gasteiger partial charge is 0.273 e. The Hall–Kier alpha value is -2.88. The van der Waals surface area contributed by atoms with Crippen LogP contribution in [0.5, 0.6) is 5.88 Å². The lowest BCUT2D eigenvalue weighted by molar-refractivity contribution is 0.0634. The van der Waals surface area contributed by atoms with Crippen LogP contribution >= 0.6 is 0 Å². The molecular formula is C17H24N6O4. The van der Waals surface area contributed by atoms with Crippen LogP contribution < -0.4 is 10.1 Å². The molecule has 2 aromatic heterocycles. The van der Waals surface area contributed by atoms with Crippen LogP contribution in [0.1, 0.15) is 26.6 Å². The predicted octanol–water partition coefficient (Wildman–Crippen LogP) is -0.0871. The SMILES string of the molecule is COc1nn(C)cc1C(=O)N1CCN(CCNC(=O)c2cc(C)on2)CC1. The van der Waals surface area contributed by atoms with Gasteiger partial charge in [-0.05, 0) is 6.92 Å². The minimum atomic E-state index is -0.246. The highest BCUT2D eigenvalue weighted by molar-refractivity contribution is 5.96. The maximum Gasteiger partial charge on any atom is 0.273 e. The van der Waals surface area contributed by atoms with E-state index in [0.29, 0.717) is 43.4 Å². The summed E-state index contributed by atoms with van der Waals surface area (Å²) < 4.78 is 11.6. The van der Waals surface area contributed by atoms with Crippen LogP contribution in [0.2, 0.25) is 0 Å². The molecule has 0 spiro atoms. The molecule has 1 aliphatic rings. The van der Waals surface area contributed by atoms with Crippen molar-refractivity contribution < 1.29 is 18.8 Å². The van der Waals surface area contributed by atoms with E-state index in [4.69, 9.17) is 9.26 Å². The van der Waals surface area contributed by atoms with Gasteiger partial charge in [-0.3, -0.25) is 19.2 Å². The van der Waals surface area contributed by atoms with Gasteiger partial charge in [0.1, 0.15) is 11.3 Å².